The molecule has 0 unspecified atom stereocenters. The second-order valence-electron chi connectivity index (χ2n) is 5.80. The van der Waals surface area contributed by atoms with Gasteiger partial charge in [0.15, 0.2) is 0 Å². The van der Waals surface area contributed by atoms with Crippen molar-refractivity contribution in [1.29, 1.82) is 0 Å². The molecule has 2 heterocycles. The van der Waals surface area contributed by atoms with Crippen LogP contribution in [0.4, 0.5) is 9.18 Å². The number of carboxylic acid groups (broad SMARTS) is 1. The molecule has 1 aliphatic rings. The van der Waals surface area contributed by atoms with Gasteiger partial charge in [0.1, 0.15) is 11.6 Å². The number of piperidine rings is 1. The third-order valence-electron chi connectivity index (χ3n) is 4.29. The molecule has 1 aromatic carbocycles. The molecule has 1 aliphatic heterocycles. The van der Waals surface area contributed by atoms with Gasteiger partial charge in [-0.05, 0) is 37.0 Å². The van der Waals surface area contributed by atoms with Gasteiger partial charge in [0.25, 0.3) is 5.56 Å². The first kappa shape index (κ1) is 15.3. The molecule has 7 heteroatoms. The van der Waals surface area contributed by atoms with E-state index in [-0.39, 0.29) is 23.3 Å². The number of H-pyrrole nitrogens is 1. The predicted molar refractivity (Wildman–Crippen MR) is 79.9 cm³/mol. The van der Waals surface area contributed by atoms with Crippen LogP contribution in [-0.4, -0.2) is 33.8 Å². The maximum absolute atomic E-state index is 13.0. The maximum atomic E-state index is 13.0. The summed E-state index contributed by atoms with van der Waals surface area (Å²) >= 11 is 0. The third-order valence-corrected chi connectivity index (χ3v) is 4.29. The smallest absolute Gasteiger partial charge is 0.407 e. The number of benzene rings is 1. The Hall–Kier alpha value is -2.57. The molecule has 1 fully saturated rings. The van der Waals surface area contributed by atoms with E-state index in [1.54, 1.807) is 12.1 Å². The average molecular weight is 320 g/mol. The van der Waals surface area contributed by atoms with Gasteiger partial charge in [0.2, 0.25) is 0 Å². The Labute approximate surface area is 131 Å². The van der Waals surface area contributed by atoms with Crippen LogP contribution < -0.4 is 5.56 Å². The molecule has 0 aliphatic carbocycles. The molecule has 0 saturated carbocycles. The van der Waals surface area contributed by atoms with E-state index < -0.39 is 6.09 Å². The lowest BCUT2D eigenvalue weighted by atomic mass is 9.86. The van der Waals surface area contributed by atoms with Gasteiger partial charge in [-0.1, -0.05) is 12.1 Å². The fourth-order valence-electron chi connectivity index (χ4n) is 3.15. The highest BCUT2D eigenvalue weighted by Crippen LogP contribution is 2.32. The second kappa shape index (κ2) is 6.28. The van der Waals surface area contributed by atoms with Crippen LogP contribution in [0.2, 0.25) is 0 Å². The highest BCUT2D eigenvalue weighted by Gasteiger charge is 2.33. The van der Waals surface area contributed by atoms with E-state index in [1.807, 2.05) is 0 Å². The number of hydrogen-bond donors (Lipinski definition) is 2. The number of halogens is 1. The molecule has 3 rings (SSSR count). The lowest BCUT2D eigenvalue weighted by Crippen LogP contribution is -2.46. The number of amides is 1. The Morgan fingerprint density at radius 2 is 2.13 bits per heavy atom. The molecule has 2 atom stereocenters. The van der Waals surface area contributed by atoms with Gasteiger partial charge in [-0.15, -0.1) is 0 Å². The van der Waals surface area contributed by atoms with Gasteiger partial charge in [-0.3, -0.25) is 4.79 Å². The molecule has 0 bridgehead atoms. The number of carbonyl (C=O) groups is 1. The van der Waals surface area contributed by atoms with Crippen LogP contribution in [0, 0.1) is 5.82 Å². The van der Waals surface area contributed by atoms with Gasteiger partial charge in [0, 0.05) is 24.6 Å². The number of nitrogens with one attached hydrogen (secondary N) is 1. The number of likely N-dealkylation sites (tertiary alicyclic amines) is 1. The van der Waals surface area contributed by atoms with Crippen molar-refractivity contribution in [3.8, 4) is 0 Å². The Morgan fingerprint density at radius 3 is 2.74 bits per heavy atom. The number of rotatable bonds is 3. The van der Waals surface area contributed by atoms with Gasteiger partial charge in [0.05, 0.1) is 0 Å². The van der Waals surface area contributed by atoms with Crippen molar-refractivity contribution in [2.75, 3.05) is 6.54 Å². The maximum Gasteiger partial charge on any atom is 0.407 e. The van der Waals surface area contributed by atoms with E-state index in [1.165, 1.54) is 23.1 Å². The quantitative estimate of drug-likeness (QED) is 0.910. The van der Waals surface area contributed by atoms with Crippen LogP contribution in [0.5, 0.6) is 0 Å². The summed E-state index contributed by atoms with van der Waals surface area (Å²) in [4.78, 5) is 24.1. The predicted octanol–water partition coefficient (Wildman–Crippen LogP) is 2.58. The van der Waals surface area contributed by atoms with Crippen molar-refractivity contribution in [2.45, 2.75) is 31.2 Å². The summed E-state index contributed by atoms with van der Waals surface area (Å²) < 4.78 is 18.2. The molecular formula is C16H17FN2O4. The van der Waals surface area contributed by atoms with Gasteiger partial charge in [-0.2, -0.15) is 5.16 Å². The fourth-order valence-corrected chi connectivity index (χ4v) is 3.15. The number of nitrogens with zero attached hydrogens (tertiary/aromatic N) is 1. The van der Waals surface area contributed by atoms with Crippen molar-refractivity contribution in [2.24, 2.45) is 0 Å². The number of hydrogen-bond acceptors (Lipinski definition) is 3. The number of aromatic amines is 1. The highest BCUT2D eigenvalue weighted by atomic mass is 19.1. The Bertz CT molecular complexity index is 737. The zero-order valence-electron chi connectivity index (χ0n) is 12.4. The molecule has 1 aromatic heterocycles. The molecule has 0 spiro atoms. The summed E-state index contributed by atoms with van der Waals surface area (Å²) in [5.41, 5.74) is 0.578. The van der Waals surface area contributed by atoms with Gasteiger partial charge >= 0.3 is 6.09 Å². The lowest BCUT2D eigenvalue weighted by molar-refractivity contribution is 0.0968. The van der Waals surface area contributed by atoms with Crippen molar-refractivity contribution >= 4 is 6.09 Å². The monoisotopic (exact) mass is 320 g/mol. The van der Waals surface area contributed by atoms with Crippen LogP contribution in [-0.2, 0) is 6.42 Å². The van der Waals surface area contributed by atoms with E-state index in [0.717, 1.165) is 5.56 Å². The van der Waals surface area contributed by atoms with E-state index in [2.05, 4.69) is 5.16 Å². The van der Waals surface area contributed by atoms with Crippen LogP contribution in [0.25, 0.3) is 0 Å². The molecule has 2 aromatic rings. The van der Waals surface area contributed by atoms with Crippen molar-refractivity contribution in [3.05, 3.63) is 57.8 Å². The summed E-state index contributed by atoms with van der Waals surface area (Å²) in [7, 11) is 0. The SMILES string of the molecule is O=C(O)N1CC[C@H](c2cc(=O)[nH]o2)C[C@H]1Cc1ccc(F)cc1. The largest absolute Gasteiger partial charge is 0.465 e. The first-order valence-electron chi connectivity index (χ1n) is 7.45. The molecule has 1 amide bonds. The minimum absolute atomic E-state index is 0.00463. The van der Waals surface area contributed by atoms with Gasteiger partial charge in [-0.25, -0.2) is 9.18 Å². The lowest BCUT2D eigenvalue weighted by Gasteiger charge is -2.37. The van der Waals surface area contributed by atoms with Crippen LogP contribution in [0.15, 0.2) is 39.6 Å². The molecule has 122 valence electrons. The normalized spacial score (nSPS) is 21.3. The minimum atomic E-state index is -0.967. The topological polar surface area (TPSA) is 86.5 Å². The molecule has 2 N–H and O–H groups in total. The van der Waals surface area contributed by atoms with Crippen LogP contribution in [0.3, 0.4) is 0 Å². The molecule has 0 radical (unpaired) electrons. The minimum Gasteiger partial charge on any atom is -0.465 e. The van der Waals surface area contributed by atoms with E-state index >= 15 is 0 Å². The number of aromatic nitrogens is 1. The zero-order valence-corrected chi connectivity index (χ0v) is 12.4. The van der Waals surface area contributed by atoms with Crippen molar-refractivity contribution in [3.63, 3.8) is 0 Å². The standard InChI is InChI=1S/C16H17FN2O4/c17-12-3-1-10(2-4-12)7-13-8-11(5-6-19(13)16(21)22)14-9-15(20)18-23-14/h1-4,9,11,13H,5-8H2,(H,18,20)(H,21,22)/t11-,13+/m0/s1. The van der Waals surface area contributed by atoms with E-state index in [4.69, 9.17) is 4.52 Å². The fraction of sp³-hybridized carbons (Fsp3) is 0.375. The third kappa shape index (κ3) is 3.44. The van der Waals surface area contributed by atoms with Crippen LogP contribution >= 0.6 is 0 Å². The summed E-state index contributed by atoms with van der Waals surface area (Å²) in [5.74, 6) is 0.235. The summed E-state index contributed by atoms with van der Waals surface area (Å²) in [5, 5.41) is 11.6. The summed E-state index contributed by atoms with van der Waals surface area (Å²) in [6.45, 7) is 0.376. The van der Waals surface area contributed by atoms with Crippen molar-refractivity contribution in [1.82, 2.24) is 10.1 Å². The Kier molecular flexibility index (Phi) is 4.18. The molecule has 6 nitrogen and oxygen atoms in total. The Balaban J connectivity index is 1.78. The van der Waals surface area contributed by atoms with Gasteiger partial charge < -0.3 is 14.5 Å². The molecular weight excluding hydrogens is 303 g/mol. The first-order chi connectivity index (χ1) is 11.0. The second-order valence-corrected chi connectivity index (χ2v) is 5.80. The van der Waals surface area contributed by atoms with Crippen LogP contribution in [0.1, 0.15) is 30.1 Å². The van der Waals surface area contributed by atoms with E-state index in [0.29, 0.717) is 31.6 Å². The first-order valence-corrected chi connectivity index (χ1v) is 7.45. The summed E-state index contributed by atoms with van der Waals surface area (Å²) in [6, 6.07) is 7.23. The van der Waals surface area contributed by atoms with E-state index in [9.17, 15) is 19.1 Å². The average Bonchev–Trinajstić information content (AvgIpc) is 2.96. The highest BCUT2D eigenvalue weighted by molar-refractivity contribution is 5.65. The molecule has 23 heavy (non-hydrogen) atoms. The molecule has 1 saturated heterocycles. The zero-order chi connectivity index (χ0) is 16.4. The van der Waals surface area contributed by atoms with Crippen molar-refractivity contribution < 1.29 is 18.8 Å². The Morgan fingerprint density at radius 1 is 1.39 bits per heavy atom. The summed E-state index contributed by atoms with van der Waals surface area (Å²) in [6.07, 6.45) is 0.695.